The van der Waals surface area contributed by atoms with Crippen molar-refractivity contribution < 1.29 is 33.0 Å². The van der Waals surface area contributed by atoms with Crippen LogP contribution < -0.4 is 9.47 Å². The first-order chi connectivity index (χ1) is 18.0. The third-order valence-electron chi connectivity index (χ3n) is 6.27. The molecule has 38 heavy (non-hydrogen) atoms. The zero-order valence-corrected chi connectivity index (χ0v) is 22.4. The minimum atomic E-state index is -0.809. The highest BCUT2D eigenvalue weighted by atomic mass is 19.1. The highest BCUT2D eigenvalue weighted by molar-refractivity contribution is 5.99. The molecule has 0 N–H and O–H groups in total. The van der Waals surface area contributed by atoms with Crippen LogP contribution in [0.4, 0.5) is 4.39 Å². The van der Waals surface area contributed by atoms with E-state index in [1.165, 1.54) is 38.4 Å². The van der Waals surface area contributed by atoms with Crippen molar-refractivity contribution in [3.63, 3.8) is 0 Å². The van der Waals surface area contributed by atoms with Gasteiger partial charge in [0.05, 0.1) is 13.0 Å². The highest BCUT2D eigenvalue weighted by Gasteiger charge is 2.30. The van der Waals surface area contributed by atoms with Gasteiger partial charge in [-0.05, 0) is 49.6 Å². The second-order valence-corrected chi connectivity index (χ2v) is 9.34. The van der Waals surface area contributed by atoms with Crippen LogP contribution in [-0.4, -0.2) is 35.9 Å². The Morgan fingerprint density at radius 3 is 2.29 bits per heavy atom. The maximum absolute atomic E-state index is 13.8. The van der Waals surface area contributed by atoms with Crippen molar-refractivity contribution >= 4 is 17.7 Å². The summed E-state index contributed by atoms with van der Waals surface area (Å²) in [6, 6.07) is 13.9. The number of nitrogens with zero attached hydrogens (tertiary/aromatic N) is 1. The molecule has 0 saturated carbocycles. The average Bonchev–Trinajstić information content (AvgIpc) is 2.86. The molecule has 1 aromatic heterocycles. The van der Waals surface area contributed by atoms with Crippen LogP contribution in [0.2, 0.25) is 0 Å². The van der Waals surface area contributed by atoms with E-state index >= 15 is 0 Å². The molecule has 3 atom stereocenters. The van der Waals surface area contributed by atoms with E-state index in [-0.39, 0.29) is 35.3 Å². The van der Waals surface area contributed by atoms with E-state index in [0.29, 0.717) is 0 Å². The molecule has 2 aromatic carbocycles. The minimum Gasteiger partial charge on any atom is -0.493 e. The van der Waals surface area contributed by atoms with E-state index in [1.54, 1.807) is 19.9 Å². The minimum absolute atomic E-state index is 0.0901. The Labute approximate surface area is 222 Å². The summed E-state index contributed by atoms with van der Waals surface area (Å²) in [5, 5.41) is 0. The summed E-state index contributed by atoms with van der Waals surface area (Å²) in [7, 11) is 1.38. The number of ketones is 1. The van der Waals surface area contributed by atoms with E-state index in [9.17, 15) is 18.8 Å². The van der Waals surface area contributed by atoms with Crippen LogP contribution in [0.1, 0.15) is 65.9 Å². The van der Waals surface area contributed by atoms with Gasteiger partial charge in [0.15, 0.2) is 17.2 Å². The molecule has 0 aliphatic carbocycles. The van der Waals surface area contributed by atoms with Gasteiger partial charge in [-0.1, -0.05) is 42.8 Å². The van der Waals surface area contributed by atoms with E-state index in [1.807, 2.05) is 38.1 Å². The van der Waals surface area contributed by atoms with Gasteiger partial charge in [-0.2, -0.15) is 0 Å². The Bertz CT molecular complexity index is 1320. The molecule has 0 spiro atoms. The molecular formula is C30H32FNO6. The Morgan fingerprint density at radius 1 is 1.00 bits per heavy atom. The van der Waals surface area contributed by atoms with Crippen LogP contribution in [-0.2, 0) is 14.3 Å². The topological polar surface area (TPSA) is 91.8 Å². The number of hydrogen-bond acceptors (Lipinski definition) is 7. The fraction of sp³-hybridized carbons (Fsp3) is 0.333. The average molecular weight is 522 g/mol. The summed E-state index contributed by atoms with van der Waals surface area (Å²) in [6.45, 7) is 8.37. The molecule has 200 valence electrons. The van der Waals surface area contributed by atoms with Gasteiger partial charge in [0, 0.05) is 31.5 Å². The predicted molar refractivity (Wildman–Crippen MR) is 140 cm³/mol. The third kappa shape index (κ3) is 6.82. The van der Waals surface area contributed by atoms with Crippen molar-refractivity contribution in [3.05, 3.63) is 88.5 Å². The first-order valence-corrected chi connectivity index (χ1v) is 12.3. The van der Waals surface area contributed by atoms with Crippen LogP contribution in [0.15, 0.2) is 54.7 Å². The van der Waals surface area contributed by atoms with Crippen LogP contribution in [0.25, 0.3) is 0 Å². The number of carbonyl (C=O) groups excluding carboxylic acids is 3. The lowest BCUT2D eigenvalue weighted by Crippen LogP contribution is -2.28. The zero-order chi connectivity index (χ0) is 28.0. The maximum Gasteiger partial charge on any atom is 0.309 e. The lowest BCUT2D eigenvalue weighted by atomic mass is 9.84. The number of benzene rings is 2. The summed E-state index contributed by atoms with van der Waals surface area (Å²) in [4.78, 5) is 41.8. The molecule has 3 aromatic rings. The van der Waals surface area contributed by atoms with Crippen molar-refractivity contribution in [2.24, 2.45) is 5.92 Å². The SMILES string of the molecule is COc1ccnc(C(=O)C[C@@H](C)C(=O)O[C@@H](C)[C@H](c2ccc(C)cc2)c2ccc(F)cc2C)c1OC(C)=O. The van der Waals surface area contributed by atoms with Gasteiger partial charge in [-0.3, -0.25) is 14.4 Å². The van der Waals surface area contributed by atoms with Gasteiger partial charge in [0.25, 0.3) is 0 Å². The first-order valence-electron chi connectivity index (χ1n) is 12.3. The fourth-order valence-corrected chi connectivity index (χ4v) is 4.32. The molecule has 3 rings (SSSR count). The summed E-state index contributed by atoms with van der Waals surface area (Å²) < 4.78 is 30.0. The number of hydrogen-bond donors (Lipinski definition) is 0. The lowest BCUT2D eigenvalue weighted by molar-refractivity contribution is -0.153. The van der Waals surface area contributed by atoms with Gasteiger partial charge in [-0.15, -0.1) is 0 Å². The monoisotopic (exact) mass is 521 g/mol. The van der Waals surface area contributed by atoms with E-state index in [4.69, 9.17) is 14.2 Å². The number of methoxy groups -OCH3 is 1. The molecule has 1 heterocycles. The first kappa shape index (κ1) is 28.5. The Kier molecular flexibility index (Phi) is 9.34. The predicted octanol–water partition coefficient (Wildman–Crippen LogP) is 5.74. The number of ether oxygens (including phenoxy) is 3. The fourth-order valence-electron chi connectivity index (χ4n) is 4.32. The van der Waals surface area contributed by atoms with Crippen LogP contribution in [0.3, 0.4) is 0 Å². The van der Waals surface area contributed by atoms with Gasteiger partial charge >= 0.3 is 11.9 Å². The van der Waals surface area contributed by atoms with Crippen LogP contribution >= 0.6 is 0 Å². The van der Waals surface area contributed by atoms with Gasteiger partial charge in [0.2, 0.25) is 5.75 Å². The lowest BCUT2D eigenvalue weighted by Gasteiger charge is -2.27. The quantitative estimate of drug-likeness (QED) is 0.248. The summed E-state index contributed by atoms with van der Waals surface area (Å²) >= 11 is 0. The Hall–Kier alpha value is -4.07. The summed E-state index contributed by atoms with van der Waals surface area (Å²) in [6.07, 6.45) is 0.532. The molecule has 7 nitrogen and oxygen atoms in total. The molecule has 0 fully saturated rings. The number of aromatic nitrogens is 1. The number of rotatable bonds is 10. The molecule has 0 radical (unpaired) electrons. The van der Waals surface area contributed by atoms with Gasteiger partial charge in [0.1, 0.15) is 11.9 Å². The molecule has 0 saturated heterocycles. The number of aryl methyl sites for hydroxylation is 2. The van der Waals surface area contributed by atoms with Gasteiger partial charge < -0.3 is 14.2 Å². The highest BCUT2D eigenvalue weighted by Crippen LogP contribution is 2.34. The Balaban J connectivity index is 1.82. The van der Waals surface area contributed by atoms with Crippen molar-refractivity contribution in [2.75, 3.05) is 7.11 Å². The molecule has 0 aliphatic rings. The largest absolute Gasteiger partial charge is 0.493 e. The zero-order valence-electron chi connectivity index (χ0n) is 22.4. The molecule has 0 amide bonds. The summed E-state index contributed by atoms with van der Waals surface area (Å²) in [5.74, 6) is -3.11. The Morgan fingerprint density at radius 2 is 1.68 bits per heavy atom. The number of pyridine rings is 1. The maximum atomic E-state index is 13.8. The van der Waals surface area contributed by atoms with Crippen LogP contribution in [0, 0.1) is 25.6 Å². The molecule has 0 unspecified atom stereocenters. The van der Waals surface area contributed by atoms with Crippen molar-refractivity contribution in [2.45, 2.75) is 53.1 Å². The van der Waals surface area contributed by atoms with Crippen molar-refractivity contribution in [1.82, 2.24) is 4.98 Å². The molecular weight excluding hydrogens is 489 g/mol. The number of Topliss-reactive ketones (excluding diaryl/α,β-unsaturated/α-hetero) is 1. The second-order valence-electron chi connectivity index (χ2n) is 9.34. The van der Waals surface area contributed by atoms with Crippen molar-refractivity contribution in [1.29, 1.82) is 0 Å². The number of esters is 2. The van der Waals surface area contributed by atoms with E-state index in [0.717, 1.165) is 22.3 Å². The molecule has 0 aliphatic heterocycles. The number of halogens is 1. The van der Waals surface area contributed by atoms with Crippen molar-refractivity contribution in [3.8, 4) is 11.5 Å². The van der Waals surface area contributed by atoms with E-state index < -0.39 is 29.7 Å². The second kappa shape index (κ2) is 12.4. The third-order valence-corrected chi connectivity index (χ3v) is 6.27. The smallest absolute Gasteiger partial charge is 0.309 e. The molecule has 8 heteroatoms. The van der Waals surface area contributed by atoms with Gasteiger partial charge in [-0.25, -0.2) is 9.37 Å². The molecule has 0 bridgehead atoms. The standard InChI is InChI=1S/C30H32FNO6/c1-17-7-9-22(10-8-17)27(24-12-11-23(31)15-18(24)2)20(4)37-30(35)19(3)16-25(34)28-29(38-21(5)33)26(36-6)13-14-32-28/h7-15,19-20,27H,16H2,1-6H3/t19-,20+,27-/m1/s1. The van der Waals surface area contributed by atoms with E-state index in [2.05, 4.69) is 4.98 Å². The summed E-state index contributed by atoms with van der Waals surface area (Å²) in [5.41, 5.74) is 3.47. The normalized spacial score (nSPS) is 13.2. The number of carbonyl (C=O) groups is 3. The van der Waals surface area contributed by atoms with Crippen LogP contribution in [0.5, 0.6) is 11.5 Å².